The number of aromatic nitrogens is 3. The number of hydrogen-bond acceptors (Lipinski definition) is 16. The summed E-state index contributed by atoms with van der Waals surface area (Å²) in [7, 11) is 4.90. The molecule has 66 heavy (non-hydrogen) atoms. The van der Waals surface area contributed by atoms with Crippen molar-refractivity contribution >= 4 is 11.8 Å². The third kappa shape index (κ3) is 12.0. The lowest BCUT2D eigenvalue weighted by molar-refractivity contribution is -0.319. The zero-order valence-electron chi connectivity index (χ0n) is 41.1. The van der Waals surface area contributed by atoms with Crippen molar-refractivity contribution in [2.24, 2.45) is 23.7 Å². The predicted octanol–water partition coefficient (Wildman–Crippen LogP) is 3.83. The van der Waals surface area contributed by atoms with Crippen LogP contribution in [-0.2, 0) is 55.7 Å². The lowest BCUT2D eigenvalue weighted by Gasteiger charge is -2.50. The van der Waals surface area contributed by atoms with Gasteiger partial charge in [-0.25, -0.2) is 9.07 Å². The molecule has 4 heterocycles. The second-order valence-corrected chi connectivity index (χ2v) is 19.9. The first-order valence-corrected chi connectivity index (χ1v) is 23.5. The number of esters is 1. The van der Waals surface area contributed by atoms with Crippen molar-refractivity contribution in [1.29, 1.82) is 0 Å². The lowest BCUT2D eigenvalue weighted by Crippen LogP contribution is -2.61. The van der Waals surface area contributed by atoms with Crippen molar-refractivity contribution in [3.8, 4) is 0 Å². The number of aliphatic hydroxyl groups is 4. The number of nitrogens with zero attached hydrogens (tertiary/aromatic N) is 4. The minimum atomic E-state index is -2.00. The van der Waals surface area contributed by atoms with Crippen LogP contribution in [0, 0.1) is 29.5 Å². The van der Waals surface area contributed by atoms with Crippen molar-refractivity contribution in [3.63, 3.8) is 0 Å². The second kappa shape index (κ2) is 22.2. The van der Waals surface area contributed by atoms with Gasteiger partial charge in [-0.05, 0) is 85.5 Å². The molecular formula is C48H77FN4O13. The highest BCUT2D eigenvalue weighted by Crippen LogP contribution is 2.42. The van der Waals surface area contributed by atoms with Gasteiger partial charge in [0.1, 0.15) is 35.5 Å². The largest absolute Gasteiger partial charge is 0.459 e. The quantitative estimate of drug-likeness (QED) is 0.210. The number of ketones is 1. The maximum Gasteiger partial charge on any atom is 0.311 e. The maximum atomic E-state index is 14.4. The molecule has 3 aliphatic rings. The van der Waals surface area contributed by atoms with Crippen LogP contribution < -0.4 is 0 Å². The van der Waals surface area contributed by atoms with Crippen LogP contribution in [-0.4, -0.2) is 164 Å². The third-order valence-corrected chi connectivity index (χ3v) is 14.7. The molecule has 18 atom stereocenters. The van der Waals surface area contributed by atoms with Crippen LogP contribution in [0.15, 0.2) is 30.5 Å². The zero-order chi connectivity index (χ0) is 49.1. The SMILES string of the molecule is CC[C@H]1OC(=O)[C@H](C)[C@@H](O[C@H]2C[C@@](C)(OC)[C@@H](O)[C@H](C)O2)[C@H](C)[C@@H](O[C@@H]2O[C@H](C)C[C@H](N(C)CCc3cn(Cc4ccc(F)cc4)nn3)[C@H]2O)[C@](C)(OC)C[C@@H](C)C(=O)[C@H](C)[C@@H](O)[C@]1(C)O. The molecule has 0 bridgehead atoms. The number of halogens is 1. The van der Waals surface area contributed by atoms with E-state index >= 15 is 0 Å². The van der Waals surface area contributed by atoms with E-state index in [9.17, 15) is 34.4 Å². The van der Waals surface area contributed by atoms with Crippen molar-refractivity contribution in [2.45, 2.75) is 192 Å². The maximum absolute atomic E-state index is 14.4. The van der Waals surface area contributed by atoms with E-state index in [2.05, 4.69) is 10.3 Å². The van der Waals surface area contributed by atoms with Crippen LogP contribution in [0.4, 0.5) is 4.39 Å². The third-order valence-electron chi connectivity index (χ3n) is 14.7. The number of carbonyl (C=O) groups excluding carboxylic acids is 2. The van der Waals surface area contributed by atoms with Gasteiger partial charge in [-0.2, -0.15) is 0 Å². The van der Waals surface area contributed by atoms with Gasteiger partial charge in [-0.3, -0.25) is 9.59 Å². The topological polar surface area (TPSA) is 214 Å². The number of rotatable bonds is 13. The molecular weight excluding hydrogens is 860 g/mol. The Kier molecular flexibility index (Phi) is 18.1. The fraction of sp³-hybridized carbons (Fsp3) is 0.792. The van der Waals surface area contributed by atoms with Gasteiger partial charge in [0.25, 0.3) is 0 Å². The molecule has 3 aliphatic heterocycles. The van der Waals surface area contributed by atoms with Gasteiger partial charge in [0.2, 0.25) is 0 Å². The predicted molar refractivity (Wildman–Crippen MR) is 239 cm³/mol. The van der Waals surface area contributed by atoms with E-state index in [0.717, 1.165) is 11.3 Å². The monoisotopic (exact) mass is 937 g/mol. The molecule has 0 radical (unpaired) electrons. The molecule has 2 aromatic rings. The molecule has 374 valence electrons. The van der Waals surface area contributed by atoms with E-state index < -0.39 is 108 Å². The first-order chi connectivity index (χ1) is 30.9. The van der Waals surface area contributed by atoms with Crippen LogP contribution in [0.1, 0.15) is 106 Å². The minimum Gasteiger partial charge on any atom is -0.459 e. The smallest absolute Gasteiger partial charge is 0.311 e. The number of Topliss-reactive ketones (excluding diaryl/α,β-unsaturated/α-hetero) is 1. The number of cyclic esters (lactones) is 1. The molecule has 3 fully saturated rings. The van der Waals surface area contributed by atoms with Gasteiger partial charge in [-0.1, -0.05) is 45.0 Å². The Labute approximate surface area is 389 Å². The van der Waals surface area contributed by atoms with Crippen LogP contribution >= 0.6 is 0 Å². The van der Waals surface area contributed by atoms with Crippen LogP contribution in [0.25, 0.3) is 0 Å². The molecule has 1 aromatic carbocycles. The van der Waals surface area contributed by atoms with E-state index in [1.165, 1.54) is 33.3 Å². The number of hydrogen-bond donors (Lipinski definition) is 4. The standard InChI is InChI=1S/C48H77FN4O13/c1-14-36-48(10,59)41(56)28(4)38(54)26(2)22-47(9,61-13)43(29(5)40(30(6)44(58)64-36)65-37-23-46(8,60-12)42(57)31(7)63-37)66-45-39(55)35(21-27(3)62-45)52(11)20-19-34-25-53(51-50-34)24-32-15-17-33(49)18-16-32/h15-18,25-31,35-37,39-43,45,55-57,59H,14,19-24H2,1-13H3/t26-,27-,28+,29+,30-,31+,35+,36-,37+,39-,40+,41-,42+,43-,45+,46-,47-,48-/m1/s1. The highest BCUT2D eigenvalue weighted by molar-refractivity contribution is 5.83. The van der Waals surface area contributed by atoms with E-state index in [1.807, 2.05) is 32.0 Å². The highest BCUT2D eigenvalue weighted by Gasteiger charge is 2.54. The van der Waals surface area contributed by atoms with Crippen molar-refractivity contribution < 1.29 is 67.6 Å². The van der Waals surface area contributed by atoms with Gasteiger partial charge in [-0.15, -0.1) is 5.10 Å². The van der Waals surface area contributed by atoms with E-state index in [0.29, 0.717) is 25.9 Å². The summed E-state index contributed by atoms with van der Waals surface area (Å²) < 4.78 is 59.7. The van der Waals surface area contributed by atoms with Gasteiger partial charge in [0.05, 0.1) is 59.9 Å². The molecule has 3 saturated heterocycles. The Morgan fingerprint density at radius 3 is 2.18 bits per heavy atom. The van der Waals surface area contributed by atoms with Gasteiger partial charge in [0.15, 0.2) is 12.6 Å². The van der Waals surface area contributed by atoms with E-state index in [4.69, 9.17) is 33.2 Å². The first-order valence-electron chi connectivity index (χ1n) is 23.5. The Hall–Kier alpha value is -3.01. The molecule has 0 amide bonds. The Morgan fingerprint density at radius 1 is 0.909 bits per heavy atom. The summed E-state index contributed by atoms with van der Waals surface area (Å²) in [5.41, 5.74) is -2.77. The fourth-order valence-electron chi connectivity index (χ4n) is 10.3. The summed E-state index contributed by atoms with van der Waals surface area (Å²) in [5, 5.41) is 55.2. The number of ether oxygens (including phenoxy) is 7. The van der Waals surface area contributed by atoms with E-state index in [1.54, 1.807) is 65.3 Å². The fourth-order valence-corrected chi connectivity index (χ4v) is 10.3. The summed E-state index contributed by atoms with van der Waals surface area (Å²) in [4.78, 5) is 30.7. The molecule has 0 unspecified atom stereocenters. The van der Waals surface area contributed by atoms with Crippen molar-refractivity contribution in [3.05, 3.63) is 47.5 Å². The molecule has 18 heteroatoms. The summed E-state index contributed by atoms with van der Waals surface area (Å²) in [6.45, 7) is 17.9. The number of benzene rings is 1. The van der Waals surface area contributed by atoms with Gasteiger partial charge in [0, 0.05) is 63.6 Å². The van der Waals surface area contributed by atoms with Crippen LogP contribution in [0.2, 0.25) is 0 Å². The van der Waals surface area contributed by atoms with Crippen LogP contribution in [0.5, 0.6) is 0 Å². The van der Waals surface area contributed by atoms with Crippen LogP contribution in [0.3, 0.4) is 0 Å². The average Bonchev–Trinajstić information content (AvgIpc) is 3.74. The number of methoxy groups -OCH3 is 2. The normalized spacial score (nSPS) is 41.1. The molecule has 5 rings (SSSR count). The molecule has 0 aliphatic carbocycles. The number of aliphatic hydroxyl groups excluding tert-OH is 3. The first kappa shape index (κ1) is 53.9. The van der Waals surface area contributed by atoms with Gasteiger partial charge >= 0.3 is 5.97 Å². The van der Waals surface area contributed by atoms with E-state index in [-0.39, 0.29) is 37.0 Å². The molecule has 17 nitrogen and oxygen atoms in total. The Balaban J connectivity index is 1.48. The lowest BCUT2D eigenvalue weighted by atomic mass is 9.74. The highest BCUT2D eigenvalue weighted by atomic mass is 19.1. The van der Waals surface area contributed by atoms with Crippen molar-refractivity contribution in [1.82, 2.24) is 19.9 Å². The molecule has 4 N–H and O–H groups in total. The Morgan fingerprint density at radius 2 is 1.56 bits per heavy atom. The molecule has 1 aromatic heterocycles. The molecule has 0 saturated carbocycles. The minimum absolute atomic E-state index is 0.0632. The number of likely N-dealkylation sites (N-methyl/N-ethyl adjacent to an activating group) is 1. The summed E-state index contributed by atoms with van der Waals surface area (Å²) >= 11 is 0. The summed E-state index contributed by atoms with van der Waals surface area (Å²) in [6.07, 6.45) is -7.25. The summed E-state index contributed by atoms with van der Waals surface area (Å²) in [6, 6.07) is 5.78. The summed E-state index contributed by atoms with van der Waals surface area (Å²) in [5.74, 6) is -5.05. The number of carbonyl (C=O) groups is 2. The average molecular weight is 937 g/mol. The van der Waals surface area contributed by atoms with Gasteiger partial charge < -0.3 is 58.5 Å². The Bertz CT molecular complexity index is 1890. The van der Waals surface area contributed by atoms with Crippen molar-refractivity contribution in [2.75, 3.05) is 27.8 Å². The second-order valence-electron chi connectivity index (χ2n) is 19.9. The molecule has 0 spiro atoms. The zero-order valence-corrected chi connectivity index (χ0v) is 41.1.